The maximum absolute atomic E-state index is 12.7. The molecule has 1 fully saturated rings. The SMILES string of the molecule is O=C(CC(c1ccccc1)c1ccccc1)NCCN1CCN(c2ncccn2)CC1. The second-order valence-electron chi connectivity index (χ2n) is 7.81. The lowest BCUT2D eigenvalue weighted by atomic mass is 9.88. The molecule has 0 saturated carbocycles. The van der Waals surface area contributed by atoms with Crippen molar-refractivity contribution in [3.63, 3.8) is 0 Å². The Balaban J connectivity index is 1.25. The predicted octanol–water partition coefficient (Wildman–Crippen LogP) is 2.94. The van der Waals surface area contributed by atoms with Crippen molar-refractivity contribution in [2.75, 3.05) is 44.2 Å². The summed E-state index contributed by atoms with van der Waals surface area (Å²) in [6.07, 6.45) is 4.01. The molecule has 0 atom stereocenters. The normalized spacial score (nSPS) is 14.5. The number of rotatable bonds is 8. The maximum Gasteiger partial charge on any atom is 0.225 e. The lowest BCUT2D eigenvalue weighted by Crippen LogP contribution is -2.49. The van der Waals surface area contributed by atoms with Crippen LogP contribution in [0.4, 0.5) is 5.95 Å². The molecular weight excluding hydrogens is 386 g/mol. The van der Waals surface area contributed by atoms with Gasteiger partial charge < -0.3 is 10.2 Å². The van der Waals surface area contributed by atoms with Crippen LogP contribution in [0.5, 0.6) is 0 Å². The first-order valence-electron chi connectivity index (χ1n) is 10.9. The predicted molar refractivity (Wildman–Crippen MR) is 123 cm³/mol. The van der Waals surface area contributed by atoms with Crippen LogP contribution in [0.25, 0.3) is 0 Å². The molecule has 3 aromatic rings. The third-order valence-electron chi connectivity index (χ3n) is 5.75. The molecule has 31 heavy (non-hydrogen) atoms. The van der Waals surface area contributed by atoms with Crippen molar-refractivity contribution < 1.29 is 4.79 Å². The molecule has 1 N–H and O–H groups in total. The van der Waals surface area contributed by atoms with Crippen LogP contribution in [-0.4, -0.2) is 60.0 Å². The zero-order valence-electron chi connectivity index (χ0n) is 17.7. The van der Waals surface area contributed by atoms with Crippen LogP contribution < -0.4 is 10.2 Å². The largest absolute Gasteiger partial charge is 0.355 e. The topological polar surface area (TPSA) is 61.4 Å². The van der Waals surface area contributed by atoms with Crippen LogP contribution in [0.2, 0.25) is 0 Å². The fourth-order valence-electron chi connectivity index (χ4n) is 4.04. The molecule has 160 valence electrons. The number of benzene rings is 2. The molecule has 1 aliphatic rings. The Hall–Kier alpha value is -3.25. The van der Waals surface area contributed by atoms with Gasteiger partial charge >= 0.3 is 0 Å². The first-order valence-corrected chi connectivity index (χ1v) is 10.9. The highest BCUT2D eigenvalue weighted by Crippen LogP contribution is 2.27. The molecule has 4 rings (SSSR count). The fourth-order valence-corrected chi connectivity index (χ4v) is 4.04. The van der Waals surface area contributed by atoms with E-state index in [-0.39, 0.29) is 11.8 Å². The summed E-state index contributed by atoms with van der Waals surface area (Å²) in [7, 11) is 0. The third kappa shape index (κ3) is 5.89. The van der Waals surface area contributed by atoms with Crippen LogP contribution in [0, 0.1) is 0 Å². The van der Waals surface area contributed by atoms with E-state index >= 15 is 0 Å². The third-order valence-corrected chi connectivity index (χ3v) is 5.75. The number of hydrogen-bond donors (Lipinski definition) is 1. The lowest BCUT2D eigenvalue weighted by molar-refractivity contribution is -0.121. The first kappa shape index (κ1) is 21.0. The quantitative estimate of drug-likeness (QED) is 0.613. The van der Waals surface area contributed by atoms with Crippen molar-refractivity contribution in [2.45, 2.75) is 12.3 Å². The molecule has 1 aromatic heterocycles. The Kier molecular flexibility index (Phi) is 7.24. The first-order chi connectivity index (χ1) is 15.3. The summed E-state index contributed by atoms with van der Waals surface area (Å²) >= 11 is 0. The highest BCUT2D eigenvalue weighted by Gasteiger charge is 2.20. The zero-order valence-corrected chi connectivity index (χ0v) is 17.7. The molecule has 1 amide bonds. The number of aromatic nitrogens is 2. The van der Waals surface area contributed by atoms with Crippen molar-refractivity contribution in [1.29, 1.82) is 0 Å². The van der Waals surface area contributed by atoms with Crippen LogP contribution in [0.1, 0.15) is 23.5 Å². The van der Waals surface area contributed by atoms with E-state index in [1.54, 1.807) is 12.4 Å². The van der Waals surface area contributed by atoms with Gasteiger partial charge in [-0.25, -0.2) is 9.97 Å². The van der Waals surface area contributed by atoms with Crippen LogP contribution >= 0.6 is 0 Å². The average Bonchev–Trinajstić information content (AvgIpc) is 2.85. The monoisotopic (exact) mass is 415 g/mol. The van der Waals surface area contributed by atoms with Crippen molar-refractivity contribution in [3.05, 3.63) is 90.3 Å². The Morgan fingerprint density at radius 2 is 1.42 bits per heavy atom. The summed E-state index contributed by atoms with van der Waals surface area (Å²) < 4.78 is 0. The standard InChI is InChI=1S/C25H29N5O/c31-24(20-23(21-8-3-1-4-9-21)22-10-5-2-6-11-22)26-14-15-29-16-18-30(19-17-29)25-27-12-7-13-28-25/h1-13,23H,14-20H2,(H,26,31). The second kappa shape index (κ2) is 10.7. The van der Waals surface area contributed by atoms with E-state index < -0.39 is 0 Å². The minimum absolute atomic E-state index is 0.0665. The minimum Gasteiger partial charge on any atom is -0.355 e. The molecule has 0 bridgehead atoms. The van der Waals surface area contributed by atoms with Gasteiger partial charge in [-0.15, -0.1) is 0 Å². The Morgan fingerprint density at radius 1 is 0.839 bits per heavy atom. The second-order valence-corrected chi connectivity index (χ2v) is 7.81. The Bertz CT molecular complexity index is 888. The number of anilines is 1. The van der Waals surface area contributed by atoms with E-state index in [1.165, 1.54) is 11.1 Å². The van der Waals surface area contributed by atoms with Gasteiger partial charge in [0, 0.05) is 64.0 Å². The van der Waals surface area contributed by atoms with Crippen molar-refractivity contribution in [3.8, 4) is 0 Å². The average molecular weight is 416 g/mol. The Morgan fingerprint density at radius 3 is 2.00 bits per heavy atom. The number of hydrogen-bond acceptors (Lipinski definition) is 5. The molecular formula is C25H29N5O. The van der Waals surface area contributed by atoms with Crippen LogP contribution in [0.15, 0.2) is 79.1 Å². The van der Waals surface area contributed by atoms with Crippen LogP contribution in [0.3, 0.4) is 0 Å². The molecule has 1 saturated heterocycles. The summed E-state index contributed by atoms with van der Waals surface area (Å²) in [5.41, 5.74) is 2.34. The van der Waals surface area contributed by atoms with E-state index in [4.69, 9.17) is 0 Å². The molecule has 2 heterocycles. The molecule has 0 aliphatic carbocycles. The number of amides is 1. The molecule has 1 aliphatic heterocycles. The summed E-state index contributed by atoms with van der Waals surface area (Å²) in [5.74, 6) is 0.953. The highest BCUT2D eigenvalue weighted by atomic mass is 16.1. The van der Waals surface area contributed by atoms with E-state index in [0.29, 0.717) is 13.0 Å². The summed E-state index contributed by atoms with van der Waals surface area (Å²) in [6.45, 7) is 5.23. The molecule has 6 heteroatoms. The van der Waals surface area contributed by atoms with E-state index in [0.717, 1.165) is 38.7 Å². The van der Waals surface area contributed by atoms with E-state index in [1.807, 2.05) is 42.5 Å². The van der Waals surface area contributed by atoms with Gasteiger partial charge in [0.2, 0.25) is 11.9 Å². The summed E-state index contributed by atoms with van der Waals surface area (Å²) in [5, 5.41) is 3.12. The minimum atomic E-state index is 0.0665. The summed E-state index contributed by atoms with van der Waals surface area (Å²) in [6, 6.07) is 22.4. The number of carbonyl (C=O) groups is 1. The molecule has 0 spiro atoms. The molecule has 0 radical (unpaired) electrons. The van der Waals surface area contributed by atoms with Crippen LogP contribution in [-0.2, 0) is 4.79 Å². The van der Waals surface area contributed by atoms with Gasteiger partial charge in [0.05, 0.1) is 0 Å². The Labute approximate surface area is 183 Å². The molecule has 0 unspecified atom stereocenters. The number of carbonyl (C=O) groups excluding carboxylic acids is 1. The lowest BCUT2D eigenvalue weighted by Gasteiger charge is -2.34. The van der Waals surface area contributed by atoms with Crippen molar-refractivity contribution in [2.24, 2.45) is 0 Å². The van der Waals surface area contributed by atoms with Crippen molar-refractivity contribution >= 4 is 11.9 Å². The van der Waals surface area contributed by atoms with Crippen molar-refractivity contribution in [1.82, 2.24) is 20.2 Å². The zero-order chi connectivity index (χ0) is 21.3. The van der Waals surface area contributed by atoms with Gasteiger partial charge in [0.1, 0.15) is 0 Å². The van der Waals surface area contributed by atoms with Gasteiger partial charge in [0.15, 0.2) is 0 Å². The van der Waals surface area contributed by atoms with Gasteiger partial charge in [0.25, 0.3) is 0 Å². The molecule has 6 nitrogen and oxygen atoms in total. The van der Waals surface area contributed by atoms with Gasteiger partial charge in [-0.1, -0.05) is 60.7 Å². The molecule has 2 aromatic carbocycles. The number of nitrogens with zero attached hydrogens (tertiary/aromatic N) is 4. The maximum atomic E-state index is 12.7. The fraction of sp³-hybridized carbons (Fsp3) is 0.320. The number of nitrogens with one attached hydrogen (secondary N) is 1. The smallest absolute Gasteiger partial charge is 0.225 e. The van der Waals surface area contributed by atoms with Gasteiger partial charge in [-0.2, -0.15) is 0 Å². The number of piperazine rings is 1. The van der Waals surface area contributed by atoms with E-state index in [2.05, 4.69) is 49.4 Å². The highest BCUT2D eigenvalue weighted by molar-refractivity contribution is 5.77. The van der Waals surface area contributed by atoms with E-state index in [9.17, 15) is 4.79 Å². The summed E-state index contributed by atoms with van der Waals surface area (Å²) in [4.78, 5) is 26.0. The van der Waals surface area contributed by atoms with Gasteiger partial charge in [-0.3, -0.25) is 9.69 Å². The van der Waals surface area contributed by atoms with Gasteiger partial charge in [-0.05, 0) is 17.2 Å².